The van der Waals surface area contributed by atoms with Crippen molar-refractivity contribution < 1.29 is 19.4 Å². The number of amides is 1. The molecule has 0 aliphatic carbocycles. The second kappa shape index (κ2) is 7.07. The topological polar surface area (TPSA) is 121 Å². The Morgan fingerprint density at radius 2 is 2.25 bits per heavy atom. The molecule has 3 N–H and O–H groups in total. The number of H-pyrrole nitrogens is 1. The molecule has 8 nitrogen and oxygen atoms in total. The third-order valence-electron chi connectivity index (χ3n) is 2.36. The van der Waals surface area contributed by atoms with Gasteiger partial charge in [-0.15, -0.1) is 0 Å². The molecule has 0 fully saturated rings. The fourth-order valence-electron chi connectivity index (χ4n) is 1.46. The number of nitrogens with one attached hydrogen (secondary N) is 2. The average molecular weight is 281 g/mol. The lowest BCUT2D eigenvalue weighted by Crippen LogP contribution is -2.23. The maximum absolute atomic E-state index is 11.8. The van der Waals surface area contributed by atoms with Gasteiger partial charge in [0.1, 0.15) is 6.61 Å². The number of carbonyl (C=O) groups is 2. The fourth-order valence-corrected chi connectivity index (χ4v) is 1.46. The van der Waals surface area contributed by atoms with Crippen LogP contribution in [0.3, 0.4) is 0 Å². The highest BCUT2D eigenvalue weighted by Gasteiger charge is 2.11. The van der Waals surface area contributed by atoms with E-state index >= 15 is 0 Å². The molecule has 0 aliphatic heterocycles. The lowest BCUT2D eigenvalue weighted by atomic mass is 10.1. The Hall–Kier alpha value is -2.64. The molecule has 0 radical (unpaired) electrons. The van der Waals surface area contributed by atoms with E-state index in [1.54, 1.807) is 6.92 Å². The van der Waals surface area contributed by atoms with Crippen LogP contribution in [0.5, 0.6) is 0 Å². The van der Waals surface area contributed by atoms with Gasteiger partial charge in [0.25, 0.3) is 5.56 Å². The number of aromatic amines is 1. The van der Waals surface area contributed by atoms with Crippen molar-refractivity contribution in [2.75, 3.05) is 11.9 Å². The van der Waals surface area contributed by atoms with E-state index < -0.39 is 17.6 Å². The number of rotatable bonds is 6. The highest BCUT2D eigenvalue weighted by molar-refractivity contribution is 5.82. The predicted molar refractivity (Wildman–Crippen MR) is 70.7 cm³/mol. The number of aliphatic carboxylic acids is 1. The molecule has 0 bridgehead atoms. The van der Waals surface area contributed by atoms with E-state index in [1.165, 1.54) is 6.08 Å². The second-order valence-corrected chi connectivity index (χ2v) is 3.88. The van der Waals surface area contributed by atoms with Crippen LogP contribution in [0.25, 0.3) is 0 Å². The zero-order valence-corrected chi connectivity index (χ0v) is 10.9. The van der Waals surface area contributed by atoms with E-state index in [9.17, 15) is 14.4 Å². The zero-order valence-electron chi connectivity index (χ0n) is 10.9. The molecule has 1 heterocycles. The molecule has 0 aliphatic rings. The van der Waals surface area contributed by atoms with Crippen LogP contribution in [0.1, 0.15) is 17.7 Å². The minimum absolute atomic E-state index is 0.0335. The molecular formula is C12H15N3O5. The number of nitrogens with zero attached hydrogens (tertiary/aromatic N) is 1. The molecule has 0 aromatic carbocycles. The molecular weight excluding hydrogens is 266 g/mol. The van der Waals surface area contributed by atoms with Crippen molar-refractivity contribution in [3.8, 4) is 0 Å². The van der Waals surface area contributed by atoms with Crippen LogP contribution in [0, 0.1) is 6.92 Å². The molecule has 1 amide bonds. The molecule has 1 aromatic heterocycles. The van der Waals surface area contributed by atoms with Gasteiger partial charge in [-0.05, 0) is 13.3 Å². The monoisotopic (exact) mass is 281 g/mol. The molecule has 20 heavy (non-hydrogen) atoms. The average Bonchev–Trinajstić information content (AvgIpc) is 2.35. The maximum atomic E-state index is 11.8. The number of hydrogen-bond donors (Lipinski definition) is 3. The van der Waals surface area contributed by atoms with Gasteiger partial charge in [0, 0.05) is 17.7 Å². The molecule has 0 saturated carbocycles. The summed E-state index contributed by atoms with van der Waals surface area (Å²) >= 11 is 0. The third-order valence-corrected chi connectivity index (χ3v) is 2.36. The number of carboxylic acids is 1. The number of anilines is 1. The third kappa shape index (κ3) is 4.56. The maximum Gasteiger partial charge on any atom is 0.414 e. The van der Waals surface area contributed by atoms with Gasteiger partial charge in [-0.25, -0.2) is 9.78 Å². The highest BCUT2D eigenvalue weighted by atomic mass is 16.5. The summed E-state index contributed by atoms with van der Waals surface area (Å²) < 4.78 is 4.68. The molecule has 8 heteroatoms. The van der Waals surface area contributed by atoms with Crippen LogP contribution in [0.4, 0.5) is 10.7 Å². The summed E-state index contributed by atoms with van der Waals surface area (Å²) in [4.78, 5) is 39.9. The fraction of sp³-hybridized carbons (Fsp3) is 0.333. The summed E-state index contributed by atoms with van der Waals surface area (Å²) in [5.74, 6) is -1.06. The number of carbonyl (C=O) groups excluding carboxylic acids is 1. The zero-order chi connectivity index (χ0) is 15.1. The summed E-state index contributed by atoms with van der Waals surface area (Å²) in [6.07, 6.45) is 0.534. The van der Waals surface area contributed by atoms with Gasteiger partial charge >= 0.3 is 12.1 Å². The lowest BCUT2D eigenvalue weighted by molar-refractivity contribution is -0.136. The van der Waals surface area contributed by atoms with Gasteiger partial charge in [-0.3, -0.25) is 19.9 Å². The van der Waals surface area contributed by atoms with E-state index in [0.29, 0.717) is 5.69 Å². The minimum Gasteiger partial charge on any atom is -0.481 e. The SMILES string of the molecule is C=CCOC(=O)Nc1nc(C)c(CCC(=O)O)c(=O)[nH]1. The first-order chi connectivity index (χ1) is 9.43. The van der Waals surface area contributed by atoms with Gasteiger partial charge in [0.15, 0.2) is 0 Å². The van der Waals surface area contributed by atoms with Crippen molar-refractivity contribution in [1.82, 2.24) is 9.97 Å². The number of carboxylic acid groups (broad SMARTS) is 1. The summed E-state index contributed by atoms with van der Waals surface area (Å²) in [5, 5.41) is 10.9. The van der Waals surface area contributed by atoms with Crippen LogP contribution >= 0.6 is 0 Å². The van der Waals surface area contributed by atoms with Crippen molar-refractivity contribution >= 4 is 18.0 Å². The summed E-state index contributed by atoms with van der Waals surface area (Å²) in [5.41, 5.74) is 0.143. The molecule has 1 aromatic rings. The molecule has 0 saturated heterocycles. The van der Waals surface area contributed by atoms with Crippen molar-refractivity contribution in [2.45, 2.75) is 19.8 Å². The molecule has 0 spiro atoms. The number of aryl methyl sites for hydroxylation is 1. The Bertz CT molecular complexity index is 579. The van der Waals surface area contributed by atoms with Crippen LogP contribution in [-0.2, 0) is 16.0 Å². The highest BCUT2D eigenvalue weighted by Crippen LogP contribution is 2.05. The van der Waals surface area contributed by atoms with Crippen molar-refractivity contribution in [3.05, 3.63) is 34.3 Å². The molecule has 108 valence electrons. The first-order valence-corrected chi connectivity index (χ1v) is 5.80. The van der Waals surface area contributed by atoms with Gasteiger partial charge in [0.05, 0.1) is 0 Å². The number of aromatic nitrogens is 2. The first-order valence-electron chi connectivity index (χ1n) is 5.80. The van der Waals surface area contributed by atoms with E-state index in [2.05, 4.69) is 26.6 Å². The van der Waals surface area contributed by atoms with Crippen molar-refractivity contribution in [2.24, 2.45) is 0 Å². The van der Waals surface area contributed by atoms with Gasteiger partial charge in [-0.2, -0.15) is 0 Å². The molecule has 0 unspecified atom stereocenters. The van der Waals surface area contributed by atoms with E-state index in [4.69, 9.17) is 5.11 Å². The number of hydrogen-bond acceptors (Lipinski definition) is 5. The molecule has 0 atom stereocenters. The summed E-state index contributed by atoms with van der Waals surface area (Å²) in [6.45, 7) is 4.98. The van der Waals surface area contributed by atoms with Gasteiger partial charge in [-0.1, -0.05) is 12.7 Å². The molecule has 1 rings (SSSR count). The summed E-state index contributed by atoms with van der Waals surface area (Å²) in [7, 11) is 0. The Kier molecular flexibility index (Phi) is 5.45. The van der Waals surface area contributed by atoms with Crippen molar-refractivity contribution in [3.63, 3.8) is 0 Å². The second-order valence-electron chi connectivity index (χ2n) is 3.88. The Morgan fingerprint density at radius 1 is 1.55 bits per heavy atom. The Balaban J connectivity index is 2.82. The minimum atomic E-state index is -1.00. The van der Waals surface area contributed by atoms with Crippen LogP contribution in [0.15, 0.2) is 17.4 Å². The first kappa shape index (κ1) is 15.4. The smallest absolute Gasteiger partial charge is 0.414 e. The van der Waals surface area contributed by atoms with Crippen molar-refractivity contribution in [1.29, 1.82) is 0 Å². The Morgan fingerprint density at radius 3 is 2.80 bits per heavy atom. The van der Waals surface area contributed by atoms with E-state index in [1.807, 2.05) is 0 Å². The lowest BCUT2D eigenvalue weighted by Gasteiger charge is -2.07. The Labute approximate surface area is 114 Å². The van der Waals surface area contributed by atoms with E-state index in [0.717, 1.165) is 0 Å². The summed E-state index contributed by atoms with van der Waals surface area (Å²) in [6, 6.07) is 0. The van der Waals surface area contributed by atoms with Crippen LogP contribution in [0.2, 0.25) is 0 Å². The standard InChI is InChI=1S/C12H15N3O5/c1-3-6-20-12(19)15-11-13-7(2)8(10(18)14-11)4-5-9(16)17/h3H,1,4-6H2,2H3,(H,16,17)(H2,13,14,15,18,19). The van der Waals surface area contributed by atoms with Gasteiger partial charge < -0.3 is 9.84 Å². The van der Waals surface area contributed by atoms with Crippen LogP contribution < -0.4 is 10.9 Å². The predicted octanol–water partition coefficient (Wildman–Crippen LogP) is 0.830. The van der Waals surface area contributed by atoms with Crippen LogP contribution in [-0.4, -0.2) is 33.7 Å². The van der Waals surface area contributed by atoms with Gasteiger partial charge in [0.2, 0.25) is 5.95 Å². The quantitative estimate of drug-likeness (QED) is 0.664. The number of ether oxygens (including phenoxy) is 1. The normalized spacial score (nSPS) is 9.85. The van der Waals surface area contributed by atoms with E-state index in [-0.39, 0.29) is 31.0 Å². The largest absolute Gasteiger partial charge is 0.481 e.